The quantitative estimate of drug-likeness (QED) is 0.788. The van der Waals surface area contributed by atoms with Crippen molar-refractivity contribution in [2.75, 3.05) is 20.6 Å². The number of nitrogens with one attached hydrogen (secondary N) is 1. The standard InChI is InChI=1S/C18H24N2OS2/c1-14(23-13-15-8-5-4-6-9-15)18(21)19-12-16(20(2)3)17-10-7-11-22-17/h4-11,14,16H,12-13H2,1-3H3,(H,19,21)/t14-,16+/m1/s1. The van der Waals surface area contributed by atoms with Crippen LogP contribution in [-0.4, -0.2) is 36.7 Å². The third-order valence-electron chi connectivity index (χ3n) is 3.68. The number of hydrogen-bond donors (Lipinski definition) is 1. The molecule has 0 saturated heterocycles. The zero-order chi connectivity index (χ0) is 16.7. The van der Waals surface area contributed by atoms with Gasteiger partial charge >= 0.3 is 0 Å². The van der Waals surface area contributed by atoms with Crippen LogP contribution in [0.25, 0.3) is 0 Å². The highest BCUT2D eigenvalue weighted by Crippen LogP contribution is 2.23. The van der Waals surface area contributed by atoms with E-state index in [1.165, 1.54) is 10.4 Å². The number of rotatable bonds is 8. The zero-order valence-corrected chi connectivity index (χ0v) is 15.5. The van der Waals surface area contributed by atoms with Gasteiger partial charge in [0.05, 0.1) is 11.3 Å². The first-order valence-corrected chi connectivity index (χ1v) is 9.64. The van der Waals surface area contributed by atoms with Crippen LogP contribution in [-0.2, 0) is 10.5 Å². The molecule has 2 aromatic rings. The summed E-state index contributed by atoms with van der Waals surface area (Å²) >= 11 is 3.40. The van der Waals surface area contributed by atoms with Crippen molar-refractivity contribution in [3.63, 3.8) is 0 Å². The average Bonchev–Trinajstić information content (AvgIpc) is 3.07. The summed E-state index contributed by atoms with van der Waals surface area (Å²) in [6, 6.07) is 14.7. The van der Waals surface area contributed by atoms with E-state index in [0.29, 0.717) is 6.54 Å². The van der Waals surface area contributed by atoms with Crippen LogP contribution in [0.1, 0.15) is 23.4 Å². The van der Waals surface area contributed by atoms with Crippen molar-refractivity contribution in [3.05, 3.63) is 58.3 Å². The lowest BCUT2D eigenvalue weighted by Gasteiger charge is -2.24. The number of amides is 1. The van der Waals surface area contributed by atoms with E-state index in [1.54, 1.807) is 23.1 Å². The van der Waals surface area contributed by atoms with Crippen molar-refractivity contribution in [2.24, 2.45) is 0 Å². The number of nitrogens with zero attached hydrogens (tertiary/aromatic N) is 1. The van der Waals surface area contributed by atoms with Crippen molar-refractivity contribution in [3.8, 4) is 0 Å². The lowest BCUT2D eigenvalue weighted by molar-refractivity contribution is -0.120. The van der Waals surface area contributed by atoms with Crippen molar-refractivity contribution in [1.29, 1.82) is 0 Å². The van der Waals surface area contributed by atoms with E-state index < -0.39 is 0 Å². The molecule has 2 atom stereocenters. The predicted molar refractivity (Wildman–Crippen MR) is 101 cm³/mol. The van der Waals surface area contributed by atoms with Crippen molar-refractivity contribution in [2.45, 2.75) is 24.0 Å². The van der Waals surface area contributed by atoms with Gasteiger partial charge in [-0.3, -0.25) is 4.79 Å². The van der Waals surface area contributed by atoms with Gasteiger partial charge in [-0.1, -0.05) is 36.4 Å². The van der Waals surface area contributed by atoms with Crippen LogP contribution < -0.4 is 5.32 Å². The van der Waals surface area contributed by atoms with E-state index in [1.807, 2.05) is 39.2 Å². The molecule has 0 saturated carbocycles. The van der Waals surface area contributed by atoms with Gasteiger partial charge in [0, 0.05) is 17.2 Å². The third-order valence-corrected chi connectivity index (χ3v) is 5.86. The first-order valence-electron chi connectivity index (χ1n) is 7.71. The SMILES string of the molecule is C[C@@H](SCc1ccccc1)C(=O)NC[C@@H](c1cccs1)N(C)C. The number of carbonyl (C=O) groups excluding carboxylic acids is 1. The summed E-state index contributed by atoms with van der Waals surface area (Å²) in [7, 11) is 4.09. The molecule has 2 rings (SSSR count). The number of likely N-dealkylation sites (N-methyl/N-ethyl adjacent to an activating group) is 1. The highest BCUT2D eigenvalue weighted by atomic mass is 32.2. The van der Waals surface area contributed by atoms with Gasteiger partial charge in [-0.2, -0.15) is 0 Å². The molecule has 0 radical (unpaired) electrons. The fourth-order valence-corrected chi connectivity index (χ4v) is 4.02. The van der Waals surface area contributed by atoms with Crippen LogP contribution in [0.3, 0.4) is 0 Å². The Hall–Kier alpha value is -1.30. The van der Waals surface area contributed by atoms with Gasteiger partial charge in [0.15, 0.2) is 0 Å². The van der Waals surface area contributed by atoms with Gasteiger partial charge in [0.25, 0.3) is 0 Å². The summed E-state index contributed by atoms with van der Waals surface area (Å²) < 4.78 is 0. The molecule has 1 heterocycles. The maximum atomic E-state index is 12.3. The number of thiophene rings is 1. The Bertz CT molecular complexity index is 584. The second kappa shape index (κ2) is 9.11. The van der Waals surface area contributed by atoms with Gasteiger partial charge in [0.1, 0.15) is 0 Å². The van der Waals surface area contributed by atoms with E-state index in [2.05, 4.69) is 39.9 Å². The molecule has 0 unspecified atom stereocenters. The van der Waals surface area contributed by atoms with Crippen molar-refractivity contribution < 1.29 is 4.79 Å². The Labute approximate surface area is 147 Å². The van der Waals surface area contributed by atoms with Gasteiger partial charge in [-0.15, -0.1) is 23.1 Å². The molecule has 23 heavy (non-hydrogen) atoms. The minimum Gasteiger partial charge on any atom is -0.353 e. The molecule has 0 aliphatic rings. The fraction of sp³-hybridized carbons (Fsp3) is 0.389. The summed E-state index contributed by atoms with van der Waals surface area (Å²) in [6.07, 6.45) is 0. The fourth-order valence-electron chi connectivity index (χ4n) is 2.23. The average molecular weight is 349 g/mol. The van der Waals surface area contributed by atoms with Gasteiger partial charge in [-0.25, -0.2) is 0 Å². The van der Waals surface area contributed by atoms with Crippen LogP contribution in [0.5, 0.6) is 0 Å². The first-order chi connectivity index (χ1) is 11.1. The minimum absolute atomic E-state index is 0.0543. The minimum atomic E-state index is -0.0543. The summed E-state index contributed by atoms with van der Waals surface area (Å²) in [5.74, 6) is 0.964. The normalized spacial score (nSPS) is 13.7. The number of benzene rings is 1. The van der Waals surface area contributed by atoms with Crippen LogP contribution >= 0.6 is 23.1 Å². The van der Waals surface area contributed by atoms with E-state index in [9.17, 15) is 4.79 Å². The molecular formula is C18H24N2OS2. The lowest BCUT2D eigenvalue weighted by atomic mass is 10.2. The molecule has 0 aliphatic heterocycles. The van der Waals surface area contributed by atoms with Crippen molar-refractivity contribution in [1.82, 2.24) is 10.2 Å². The molecule has 3 nitrogen and oxygen atoms in total. The monoisotopic (exact) mass is 348 g/mol. The molecular weight excluding hydrogens is 324 g/mol. The zero-order valence-electron chi connectivity index (χ0n) is 13.9. The molecule has 1 aromatic heterocycles. The largest absolute Gasteiger partial charge is 0.353 e. The van der Waals surface area contributed by atoms with Crippen LogP contribution in [0, 0.1) is 0 Å². The maximum Gasteiger partial charge on any atom is 0.232 e. The second-order valence-corrected chi connectivity index (χ2v) is 7.99. The Balaban J connectivity index is 1.81. The Kier molecular flexibility index (Phi) is 7.15. The predicted octanol–water partition coefficient (Wildman–Crippen LogP) is 3.79. The van der Waals surface area contributed by atoms with E-state index in [-0.39, 0.29) is 17.2 Å². The topological polar surface area (TPSA) is 32.3 Å². The van der Waals surface area contributed by atoms with E-state index in [0.717, 1.165) is 5.75 Å². The molecule has 1 N–H and O–H groups in total. The maximum absolute atomic E-state index is 12.3. The Morgan fingerprint density at radius 1 is 1.22 bits per heavy atom. The number of carbonyl (C=O) groups is 1. The van der Waals surface area contributed by atoms with Crippen molar-refractivity contribution >= 4 is 29.0 Å². The van der Waals surface area contributed by atoms with Crippen LogP contribution in [0.15, 0.2) is 47.8 Å². The Morgan fingerprint density at radius 2 is 1.96 bits per heavy atom. The van der Waals surface area contributed by atoms with E-state index in [4.69, 9.17) is 0 Å². The smallest absolute Gasteiger partial charge is 0.232 e. The van der Waals surface area contributed by atoms with Gasteiger partial charge < -0.3 is 10.2 Å². The number of thioether (sulfide) groups is 1. The summed E-state index contributed by atoms with van der Waals surface area (Å²) in [6.45, 7) is 2.61. The highest BCUT2D eigenvalue weighted by molar-refractivity contribution is 7.99. The molecule has 1 aromatic carbocycles. The molecule has 0 aliphatic carbocycles. The molecule has 0 fully saturated rings. The molecule has 124 valence electrons. The second-order valence-electron chi connectivity index (χ2n) is 5.68. The van der Waals surface area contributed by atoms with Crippen LogP contribution in [0.2, 0.25) is 0 Å². The van der Waals surface area contributed by atoms with Gasteiger partial charge in [-0.05, 0) is 38.0 Å². The highest BCUT2D eigenvalue weighted by Gasteiger charge is 2.19. The number of hydrogen-bond acceptors (Lipinski definition) is 4. The molecule has 0 bridgehead atoms. The molecule has 1 amide bonds. The van der Waals surface area contributed by atoms with Crippen LogP contribution in [0.4, 0.5) is 0 Å². The molecule has 0 spiro atoms. The summed E-state index contributed by atoms with van der Waals surface area (Å²) in [5, 5.41) is 5.11. The van der Waals surface area contributed by atoms with Gasteiger partial charge in [0.2, 0.25) is 5.91 Å². The van der Waals surface area contributed by atoms with E-state index >= 15 is 0 Å². The first kappa shape index (κ1) is 18.0. The molecule has 5 heteroatoms. The summed E-state index contributed by atoms with van der Waals surface area (Å²) in [4.78, 5) is 15.7. The lowest BCUT2D eigenvalue weighted by Crippen LogP contribution is -2.37. The Morgan fingerprint density at radius 3 is 2.57 bits per heavy atom. The summed E-state index contributed by atoms with van der Waals surface area (Å²) in [5.41, 5.74) is 1.25. The third kappa shape index (κ3) is 5.68.